The highest BCUT2D eigenvalue weighted by atomic mass is 32.1. The molecule has 22 aromatic rings. The van der Waals surface area contributed by atoms with E-state index in [4.69, 9.17) is 13.5 Å². The van der Waals surface area contributed by atoms with Gasteiger partial charge in [-0.3, -0.25) is 39.0 Å². The second-order valence-corrected chi connectivity index (χ2v) is 30.1. The van der Waals surface area contributed by atoms with E-state index in [9.17, 15) is 0 Å². The lowest BCUT2D eigenvalue weighted by Crippen LogP contribution is -2.31. The molecular formula is C88H68N23OS+5. The molecule has 2 aromatic carbocycles. The topological polar surface area (TPSA) is 201 Å². The molecule has 542 valence electrons. The highest BCUT2D eigenvalue weighted by Crippen LogP contribution is 2.44. The van der Waals surface area contributed by atoms with Crippen molar-refractivity contribution >= 4 is 121 Å². The van der Waals surface area contributed by atoms with E-state index in [1.807, 2.05) is 142 Å². The summed E-state index contributed by atoms with van der Waals surface area (Å²) in [5.74, 6) is 5.81. The predicted octanol–water partition coefficient (Wildman–Crippen LogP) is 12.8. The van der Waals surface area contributed by atoms with Gasteiger partial charge in [-0.1, -0.05) is 47.7 Å². The first-order valence-corrected chi connectivity index (χ1v) is 38.1. The van der Waals surface area contributed by atoms with E-state index in [-0.39, 0.29) is 0 Å². The number of rotatable bonds is 2. The van der Waals surface area contributed by atoms with Crippen molar-refractivity contribution in [3.05, 3.63) is 272 Å². The third-order valence-corrected chi connectivity index (χ3v) is 24.1. The molecule has 0 radical (unpaired) electrons. The molecule has 25 heteroatoms. The van der Waals surface area contributed by atoms with E-state index >= 15 is 0 Å². The Bertz CT molecular complexity index is 7900. The average molecular weight is 1500 g/mol. The van der Waals surface area contributed by atoms with E-state index in [1.54, 1.807) is 36.0 Å². The van der Waals surface area contributed by atoms with Crippen LogP contribution in [0.5, 0.6) is 0 Å². The van der Waals surface area contributed by atoms with Gasteiger partial charge >= 0.3 is 5.71 Å². The summed E-state index contributed by atoms with van der Waals surface area (Å²) in [5.41, 5.74) is 32.6. The standard InChI is InChI=1S/C21H16N5.C20H13N4S.2C16H14N5.C15H11N4O/c1-24-20-16-9-11-22-12-14(16)13-25(20)19-18-17(8-5-10-23-18)26(21(19)24)15-6-3-2-4-7-15;1-2-5-14(6-3-1)24-19-15-8-10-21-11-13(15)12-23(19)18-17-16(25-20(18)24)7-4-9-22-17;2*1-19-12-4-3-6-18-13(12)14-16(19)20(2)15-11-5-7-17-8-10(11)9-21(14)15;1-18-14-10-4-6-16-7-9(10)8-19(14)13-12-11(20-15(13)18)3-2-5-17-12/h2-12H,13H2,1H3;1-11H,12H2;2*3-8H,9H2,1-2H3;2-7H,8H2,1H3/q5*+1/i;;1D3;;. The van der Waals surface area contributed by atoms with Crippen LogP contribution >= 0.6 is 11.3 Å². The lowest BCUT2D eigenvalue weighted by molar-refractivity contribution is -0.645. The Kier molecular flexibility index (Phi) is 13.3. The van der Waals surface area contributed by atoms with E-state index < -0.39 is 6.98 Å². The van der Waals surface area contributed by atoms with Crippen LogP contribution in [0.1, 0.15) is 31.9 Å². The van der Waals surface area contributed by atoms with Crippen LogP contribution in [0.2, 0.25) is 0 Å². The fraction of sp³-hybridized carbons (Fsp3) is 0.125. The molecule has 0 aliphatic carbocycles. The highest BCUT2D eigenvalue weighted by Gasteiger charge is 2.42. The summed E-state index contributed by atoms with van der Waals surface area (Å²) >= 11 is 1.81. The number of hydrogen-bond donors (Lipinski definition) is 0. The molecule has 0 saturated carbocycles. The lowest BCUT2D eigenvalue weighted by Gasteiger charge is -2.03. The van der Waals surface area contributed by atoms with E-state index in [1.165, 1.54) is 115 Å². The quantitative estimate of drug-likeness (QED) is 0.149. The van der Waals surface area contributed by atoms with E-state index in [0.29, 0.717) is 23.2 Å². The minimum absolute atomic E-state index is 0.627. The first kappa shape index (κ1) is 61.3. The molecule has 0 N–H and O–H groups in total. The van der Waals surface area contributed by atoms with Crippen LogP contribution in [-0.4, -0.2) is 86.4 Å². The van der Waals surface area contributed by atoms with Gasteiger partial charge in [0.15, 0.2) is 11.1 Å². The van der Waals surface area contributed by atoms with Gasteiger partial charge in [0, 0.05) is 121 Å². The Morgan fingerprint density at radius 2 is 0.779 bits per heavy atom. The monoisotopic (exact) mass is 1500 g/mol. The number of thiophene rings is 1. The van der Waals surface area contributed by atoms with Crippen LogP contribution in [0.3, 0.4) is 0 Å². The Labute approximate surface area is 650 Å². The van der Waals surface area contributed by atoms with Gasteiger partial charge in [0.1, 0.15) is 63.1 Å². The molecule has 0 fully saturated rings. The Hall–Kier alpha value is -14.6. The fourth-order valence-corrected chi connectivity index (χ4v) is 19.6. The number of fused-ring (bicyclic) bond motifs is 35. The predicted molar refractivity (Wildman–Crippen MR) is 432 cm³/mol. The zero-order chi connectivity index (χ0) is 77.7. The van der Waals surface area contributed by atoms with Crippen molar-refractivity contribution in [2.24, 2.45) is 42.2 Å². The molecule has 0 bridgehead atoms. The SMILES string of the molecule is C[n+]1c2n(c3c4ncccc4n(-c4ccccc4)c31)Cc1cnccc1-2.C[n+]1c2n(c3c4ncccc4oc31)Cc1cnccc1-2.Cn1c2cccnc2c2c1[n+](C)c1n2Cc2cnccc2-1.[2H]C([2H])([2H])n1c2cccnc2c2c1[n+](C)c1n2Cc2cnccc2-1.c1ccc(-n2c3[n+](c4c5ncccc5sc42)Cc2cnccc2-3)cc1. The smallest absolute Gasteiger partial charge is 0.340 e. The normalized spacial score (nSPS) is 13.4. The number of nitrogens with zero attached hydrogens (tertiary/aromatic N) is 23. The first-order valence-electron chi connectivity index (χ1n) is 38.8. The minimum atomic E-state index is -2.27. The molecule has 25 heterocycles. The van der Waals surface area contributed by atoms with Crippen LogP contribution in [0.25, 0.3) is 178 Å². The zero-order valence-corrected chi connectivity index (χ0v) is 62.5. The average Bonchev–Trinajstić information content (AvgIpc) is 1.55. The summed E-state index contributed by atoms with van der Waals surface area (Å²) in [6, 6.07) is 51.3. The molecule has 20 aromatic heterocycles. The third kappa shape index (κ3) is 9.14. The van der Waals surface area contributed by atoms with Gasteiger partial charge in [0.05, 0.1) is 98.5 Å². The number of hydrogen-bond acceptors (Lipinski definition) is 12. The van der Waals surface area contributed by atoms with Crippen molar-refractivity contribution in [1.29, 1.82) is 0 Å². The van der Waals surface area contributed by atoms with Gasteiger partial charge in [-0.05, 0) is 115 Å². The highest BCUT2D eigenvalue weighted by molar-refractivity contribution is 7.25. The minimum Gasteiger partial charge on any atom is -0.417 e. The lowest BCUT2D eigenvalue weighted by atomic mass is 10.1. The van der Waals surface area contributed by atoms with Gasteiger partial charge in [-0.15, -0.1) is 0 Å². The maximum atomic E-state index is 7.99. The molecule has 0 unspecified atom stereocenters. The number of aromatic nitrogens is 23. The number of furan rings is 1. The van der Waals surface area contributed by atoms with Crippen molar-refractivity contribution in [2.75, 3.05) is 0 Å². The van der Waals surface area contributed by atoms with Crippen molar-refractivity contribution < 1.29 is 31.4 Å². The molecule has 24 nitrogen and oxygen atoms in total. The van der Waals surface area contributed by atoms with Gasteiger partial charge in [-0.25, -0.2) is 61.0 Å². The zero-order valence-electron chi connectivity index (χ0n) is 64.7. The second kappa shape index (κ2) is 24.5. The van der Waals surface area contributed by atoms with E-state index in [2.05, 4.69) is 213 Å². The molecule has 113 heavy (non-hydrogen) atoms. The number of pyridine rings is 10. The Morgan fingerprint density at radius 3 is 1.31 bits per heavy atom. The number of para-hydroxylation sites is 2. The summed E-state index contributed by atoms with van der Waals surface area (Å²) in [6.07, 6.45) is 28.1. The maximum absolute atomic E-state index is 7.99. The number of benzene rings is 2. The molecule has 27 rings (SSSR count). The Morgan fingerprint density at radius 1 is 0.372 bits per heavy atom. The summed E-state index contributed by atoms with van der Waals surface area (Å²) in [4.78, 5) is 45.5. The molecule has 0 atom stereocenters. The summed E-state index contributed by atoms with van der Waals surface area (Å²) in [7, 11) is 10.3. The molecule has 0 saturated heterocycles. The maximum Gasteiger partial charge on any atom is 0.340 e. The van der Waals surface area contributed by atoms with Crippen LogP contribution in [-0.2, 0) is 74.9 Å². The van der Waals surface area contributed by atoms with Crippen molar-refractivity contribution in [3.8, 4) is 68.3 Å². The second-order valence-electron chi connectivity index (χ2n) is 29.0. The first-order chi connectivity index (χ1) is 56.9. The Balaban J connectivity index is 0.0000000858. The summed E-state index contributed by atoms with van der Waals surface area (Å²) in [6.45, 7) is 1.77. The van der Waals surface area contributed by atoms with Gasteiger partial charge in [0.25, 0.3) is 28.6 Å². The molecule has 0 amide bonds. The number of imidazole rings is 5. The fourth-order valence-electron chi connectivity index (χ4n) is 18.4. The van der Waals surface area contributed by atoms with Gasteiger partial charge in [-0.2, -0.15) is 9.13 Å². The van der Waals surface area contributed by atoms with E-state index in [0.717, 1.165) is 105 Å². The number of aryl methyl sites for hydroxylation is 6. The molecular weight excluding hydrogens is 1430 g/mol. The molecule has 5 aliphatic rings. The van der Waals surface area contributed by atoms with Crippen LogP contribution in [0.15, 0.2) is 249 Å². The van der Waals surface area contributed by atoms with Crippen LogP contribution < -0.4 is 22.8 Å². The summed E-state index contributed by atoms with van der Waals surface area (Å²) in [5, 5.41) is 0. The van der Waals surface area contributed by atoms with Crippen LogP contribution in [0, 0.1) is 0 Å². The molecule has 0 spiro atoms. The van der Waals surface area contributed by atoms with Crippen molar-refractivity contribution in [1.82, 2.24) is 86.4 Å². The van der Waals surface area contributed by atoms with Crippen molar-refractivity contribution in [3.63, 3.8) is 0 Å². The van der Waals surface area contributed by atoms with Gasteiger partial charge in [0.2, 0.25) is 49.9 Å². The van der Waals surface area contributed by atoms with Crippen molar-refractivity contribution in [2.45, 2.75) is 32.7 Å². The van der Waals surface area contributed by atoms with Crippen LogP contribution in [0.4, 0.5) is 0 Å². The molecule has 5 aliphatic heterocycles. The van der Waals surface area contributed by atoms with Gasteiger partial charge < -0.3 is 4.42 Å². The largest absolute Gasteiger partial charge is 0.417 e. The summed E-state index contributed by atoms with van der Waals surface area (Å²) < 4.78 is 59.6. The third-order valence-electron chi connectivity index (χ3n) is 23.0.